The Morgan fingerprint density at radius 1 is 1.03 bits per heavy atom. The number of carbonyl (C=O) groups excluding carboxylic acids is 2. The van der Waals surface area contributed by atoms with E-state index in [1.807, 2.05) is 31.2 Å². The van der Waals surface area contributed by atoms with Crippen LogP contribution < -0.4 is 14.5 Å². The zero-order valence-electron chi connectivity index (χ0n) is 18.5. The summed E-state index contributed by atoms with van der Waals surface area (Å²) in [5.41, 5.74) is 2.77. The molecule has 2 aliphatic heterocycles. The minimum atomic E-state index is -4.25. The number of benzene rings is 3. The highest BCUT2D eigenvalue weighted by Crippen LogP contribution is 2.53. The van der Waals surface area contributed by atoms with Gasteiger partial charge < -0.3 is 9.64 Å². The normalized spacial score (nSPS) is 20.8. The van der Waals surface area contributed by atoms with Gasteiger partial charge in [-0.25, -0.2) is 8.42 Å². The molecule has 2 amide bonds. The number of ether oxygens (including phenoxy) is 1. The van der Waals surface area contributed by atoms with E-state index < -0.39 is 32.3 Å². The van der Waals surface area contributed by atoms with Crippen molar-refractivity contribution >= 4 is 44.6 Å². The minimum Gasteiger partial charge on any atom is -0.495 e. The third-order valence-corrected chi connectivity index (χ3v) is 8.81. The second-order valence-electron chi connectivity index (χ2n) is 8.29. The summed E-state index contributed by atoms with van der Waals surface area (Å²) in [7, 11) is -2.80. The Hall–Kier alpha value is -3.36. The molecule has 0 aliphatic carbocycles. The maximum atomic E-state index is 14.2. The van der Waals surface area contributed by atoms with E-state index >= 15 is 0 Å². The van der Waals surface area contributed by atoms with Gasteiger partial charge in [0.25, 0.3) is 10.8 Å². The van der Waals surface area contributed by atoms with Crippen molar-refractivity contribution < 1.29 is 22.7 Å². The summed E-state index contributed by atoms with van der Waals surface area (Å²) in [4.78, 5) is 27.7. The number of carbonyl (C=O) groups is 2. The number of halogens is 1. The Balaban J connectivity index is 1.74. The maximum Gasteiger partial charge on any atom is 0.274 e. The highest BCUT2D eigenvalue weighted by Gasteiger charge is 2.69. The van der Waals surface area contributed by atoms with Crippen LogP contribution >= 0.6 is 11.6 Å². The smallest absolute Gasteiger partial charge is 0.274 e. The van der Waals surface area contributed by atoms with Gasteiger partial charge in [-0.3, -0.25) is 14.5 Å². The highest BCUT2D eigenvalue weighted by atomic mass is 35.5. The number of amides is 2. The summed E-state index contributed by atoms with van der Waals surface area (Å²) >= 11 is 6.30. The van der Waals surface area contributed by atoms with E-state index in [9.17, 15) is 18.0 Å². The van der Waals surface area contributed by atoms with Crippen LogP contribution in [0.25, 0.3) is 0 Å². The van der Waals surface area contributed by atoms with Crippen LogP contribution in [-0.4, -0.2) is 33.1 Å². The van der Waals surface area contributed by atoms with Gasteiger partial charge in [0.05, 0.1) is 24.4 Å². The SMILES string of the molecule is COc1ccc(N2C(=O)CS(=O)(=O)[C@]23C(=O)N(Cc2ccccc2C)c2ccccc23)cc1Cl. The summed E-state index contributed by atoms with van der Waals surface area (Å²) < 4.78 is 32.5. The number of methoxy groups -OCH3 is 1. The van der Waals surface area contributed by atoms with Crippen LogP contribution in [0.15, 0.2) is 66.7 Å². The lowest BCUT2D eigenvalue weighted by Crippen LogP contribution is -2.54. The number of hydrogen-bond acceptors (Lipinski definition) is 5. The third-order valence-electron chi connectivity index (χ3n) is 6.41. The molecule has 34 heavy (non-hydrogen) atoms. The summed E-state index contributed by atoms with van der Waals surface area (Å²) in [5.74, 6) is -1.79. The van der Waals surface area contributed by atoms with Crippen LogP contribution in [0.2, 0.25) is 5.02 Å². The fraction of sp³-hybridized carbons (Fsp3) is 0.200. The molecule has 2 aliphatic rings. The van der Waals surface area contributed by atoms with Gasteiger partial charge in [0.15, 0.2) is 9.84 Å². The molecule has 0 bridgehead atoms. The molecule has 0 radical (unpaired) electrons. The molecule has 0 saturated carbocycles. The number of fused-ring (bicyclic) bond motifs is 2. The Morgan fingerprint density at radius 3 is 2.44 bits per heavy atom. The number of para-hydroxylation sites is 1. The van der Waals surface area contributed by atoms with E-state index in [0.717, 1.165) is 16.0 Å². The molecular formula is C25H21ClN2O5S. The summed E-state index contributed by atoms with van der Waals surface area (Å²) in [6, 6.07) is 18.8. The Labute approximate surface area is 202 Å². The summed E-state index contributed by atoms with van der Waals surface area (Å²) in [6.45, 7) is 2.10. The Morgan fingerprint density at radius 2 is 1.74 bits per heavy atom. The topological polar surface area (TPSA) is 84.0 Å². The van der Waals surface area contributed by atoms with Crippen LogP contribution in [0, 0.1) is 6.92 Å². The van der Waals surface area contributed by atoms with E-state index in [4.69, 9.17) is 16.3 Å². The zero-order chi connectivity index (χ0) is 24.3. The largest absolute Gasteiger partial charge is 0.495 e. The molecule has 1 atom stereocenters. The second kappa shape index (κ2) is 7.85. The van der Waals surface area contributed by atoms with E-state index in [1.165, 1.54) is 24.1 Å². The molecule has 3 aromatic carbocycles. The maximum absolute atomic E-state index is 14.2. The average molecular weight is 497 g/mol. The number of nitrogens with zero attached hydrogens (tertiary/aromatic N) is 2. The van der Waals surface area contributed by atoms with Crippen molar-refractivity contribution in [2.24, 2.45) is 0 Å². The van der Waals surface area contributed by atoms with Gasteiger partial charge in [-0.15, -0.1) is 0 Å². The number of hydrogen-bond donors (Lipinski definition) is 0. The fourth-order valence-electron chi connectivity index (χ4n) is 4.80. The fourth-order valence-corrected chi connectivity index (χ4v) is 7.09. The molecule has 0 unspecified atom stereocenters. The lowest BCUT2D eigenvalue weighted by molar-refractivity contribution is -0.123. The van der Waals surface area contributed by atoms with Gasteiger partial charge >= 0.3 is 0 Å². The van der Waals surface area contributed by atoms with Gasteiger partial charge in [0, 0.05) is 11.3 Å². The first-order valence-corrected chi connectivity index (χ1v) is 12.6. The molecule has 7 nitrogen and oxygen atoms in total. The number of aryl methyl sites for hydroxylation is 1. The van der Waals surface area contributed by atoms with Crippen molar-refractivity contribution in [1.29, 1.82) is 0 Å². The molecule has 0 aromatic heterocycles. The number of rotatable bonds is 4. The molecule has 1 spiro atoms. The van der Waals surface area contributed by atoms with Crippen LogP contribution in [0.1, 0.15) is 16.7 Å². The van der Waals surface area contributed by atoms with E-state index in [0.29, 0.717) is 11.4 Å². The van der Waals surface area contributed by atoms with Crippen molar-refractivity contribution in [3.8, 4) is 5.75 Å². The first-order chi connectivity index (χ1) is 16.2. The van der Waals surface area contributed by atoms with Crippen molar-refractivity contribution in [3.05, 3.63) is 88.4 Å². The highest BCUT2D eigenvalue weighted by molar-refractivity contribution is 7.94. The Kier molecular flexibility index (Phi) is 5.18. The minimum absolute atomic E-state index is 0.172. The van der Waals surface area contributed by atoms with Crippen LogP contribution in [0.5, 0.6) is 5.75 Å². The van der Waals surface area contributed by atoms with Crippen LogP contribution in [0.3, 0.4) is 0 Å². The standard InChI is InChI=1S/C25H21ClN2O5S/c1-16-7-3-4-8-17(16)14-27-21-10-6-5-9-19(21)25(24(27)30)28(23(29)15-34(25,31)32)18-11-12-22(33-2)20(26)13-18/h3-13H,14-15H2,1-2H3/t25-/m1/s1. The van der Waals surface area contributed by atoms with E-state index in [2.05, 4.69) is 0 Å². The second-order valence-corrected chi connectivity index (χ2v) is 10.8. The van der Waals surface area contributed by atoms with Gasteiger partial charge in [-0.2, -0.15) is 0 Å². The monoisotopic (exact) mass is 496 g/mol. The van der Waals surface area contributed by atoms with Gasteiger partial charge in [0.1, 0.15) is 11.5 Å². The number of anilines is 2. The summed E-state index contributed by atoms with van der Waals surface area (Å²) in [5, 5.41) is 0.197. The lowest BCUT2D eigenvalue weighted by atomic mass is 10.0. The number of sulfone groups is 1. The third kappa shape index (κ3) is 2.98. The first kappa shape index (κ1) is 22.4. The molecule has 3 aromatic rings. The van der Waals surface area contributed by atoms with Crippen molar-refractivity contribution in [3.63, 3.8) is 0 Å². The quantitative estimate of drug-likeness (QED) is 0.548. The van der Waals surface area contributed by atoms with Gasteiger partial charge in [0.2, 0.25) is 5.91 Å². The molecule has 5 rings (SSSR count). The molecular weight excluding hydrogens is 476 g/mol. The Bertz CT molecular complexity index is 1460. The van der Waals surface area contributed by atoms with Crippen molar-refractivity contribution in [1.82, 2.24) is 0 Å². The van der Waals surface area contributed by atoms with Crippen molar-refractivity contribution in [2.75, 3.05) is 22.7 Å². The van der Waals surface area contributed by atoms with E-state index in [1.54, 1.807) is 30.3 Å². The molecule has 1 fully saturated rings. The van der Waals surface area contributed by atoms with Gasteiger partial charge in [-0.05, 0) is 42.3 Å². The van der Waals surface area contributed by atoms with Crippen LogP contribution in [-0.2, 0) is 30.8 Å². The average Bonchev–Trinajstić information content (AvgIpc) is 3.18. The predicted octanol–water partition coefficient (Wildman–Crippen LogP) is 3.82. The van der Waals surface area contributed by atoms with E-state index in [-0.39, 0.29) is 22.8 Å². The van der Waals surface area contributed by atoms with Crippen LogP contribution in [0.4, 0.5) is 11.4 Å². The molecule has 2 heterocycles. The summed E-state index contributed by atoms with van der Waals surface area (Å²) in [6.07, 6.45) is 0. The molecule has 9 heteroatoms. The molecule has 0 N–H and O–H groups in total. The van der Waals surface area contributed by atoms with Crippen molar-refractivity contribution in [2.45, 2.75) is 18.3 Å². The molecule has 174 valence electrons. The first-order valence-electron chi connectivity index (χ1n) is 10.6. The zero-order valence-corrected chi connectivity index (χ0v) is 20.1. The lowest BCUT2D eigenvalue weighted by Gasteiger charge is -2.33. The molecule has 1 saturated heterocycles. The predicted molar refractivity (Wildman–Crippen MR) is 130 cm³/mol. The van der Waals surface area contributed by atoms with Gasteiger partial charge in [-0.1, -0.05) is 54.1 Å².